The van der Waals surface area contributed by atoms with Gasteiger partial charge in [0.25, 0.3) is 0 Å². The van der Waals surface area contributed by atoms with Gasteiger partial charge in [-0.1, -0.05) is 224 Å². The van der Waals surface area contributed by atoms with Crippen molar-refractivity contribution in [3.05, 3.63) is 169 Å². The Morgan fingerprint density at radius 3 is 0.611 bits per heavy atom. The van der Waals surface area contributed by atoms with E-state index in [-0.39, 0.29) is 0 Å². The maximum atomic E-state index is 6.81. The molecule has 7 heterocycles. The summed E-state index contributed by atoms with van der Waals surface area (Å²) in [6.07, 6.45) is 28.6. The van der Waals surface area contributed by atoms with E-state index in [9.17, 15) is 0 Å². The second-order valence-electron chi connectivity index (χ2n) is 20.8. The zero-order chi connectivity index (χ0) is 48.3. The number of hydrogen-bond acceptors (Lipinski definition) is 4. The molecule has 368 valence electrons. The molecule has 0 saturated carbocycles. The fourth-order valence-electron chi connectivity index (χ4n) is 11.9. The van der Waals surface area contributed by atoms with Crippen LogP contribution in [0, 0.1) is 0 Å². The third-order valence-corrected chi connectivity index (χ3v) is 15.7. The van der Waals surface area contributed by atoms with Crippen LogP contribution in [-0.4, -0.2) is 0 Å². The average Bonchev–Trinajstić information content (AvgIpc) is 4.17. The van der Waals surface area contributed by atoms with E-state index in [4.69, 9.17) is 17.7 Å². The first-order valence-electron chi connectivity index (χ1n) is 28.0. The molecule has 14 rings (SSSR count). The first kappa shape index (κ1) is 47.8. The van der Waals surface area contributed by atoms with Crippen LogP contribution in [0.4, 0.5) is 0 Å². The standard InChI is InChI=1S/C68H72O4/c1-2-6-10-14-30-42-58-66(50-35-23-18-24-36-50)54-46-56-64(48-62(54)70-58)72-60(68(56)52-39-27-20-28-40-52)44-32-16-12-8-4-3-7-11-15-31-43-59-67(51-37-25-19-26-38-51)55-45-53-61(47-63(55)71-59)69-57(41-29-13-9-5-1)65(53)49-33-21-17-22-34-49/h17-28,33-40,45-48H,1-16,29-32,41-44H2. The molecule has 12 bridgehead atoms. The third-order valence-electron chi connectivity index (χ3n) is 15.7. The van der Waals surface area contributed by atoms with Gasteiger partial charge in [0.05, 0.1) is 0 Å². The van der Waals surface area contributed by atoms with Crippen LogP contribution in [0.3, 0.4) is 0 Å². The van der Waals surface area contributed by atoms with Gasteiger partial charge in [-0.05, 0) is 60.1 Å². The first-order chi connectivity index (χ1) is 35.8. The lowest BCUT2D eigenvalue weighted by Gasteiger charge is -2.06. The van der Waals surface area contributed by atoms with Crippen molar-refractivity contribution in [2.45, 2.75) is 154 Å². The van der Waals surface area contributed by atoms with Crippen LogP contribution < -0.4 is 0 Å². The van der Waals surface area contributed by atoms with Gasteiger partial charge in [0.15, 0.2) is 0 Å². The lowest BCUT2D eigenvalue weighted by molar-refractivity contribution is 0.504. The minimum absolute atomic E-state index is 0.929. The minimum Gasteiger partial charge on any atom is -0.460 e. The monoisotopic (exact) mass is 953 g/mol. The van der Waals surface area contributed by atoms with E-state index in [0.29, 0.717) is 0 Å². The van der Waals surface area contributed by atoms with Gasteiger partial charge >= 0.3 is 0 Å². The Bertz CT molecular complexity index is 2850. The minimum atomic E-state index is 0.929. The molecule has 0 spiro atoms. The Balaban J connectivity index is 0.803. The van der Waals surface area contributed by atoms with E-state index >= 15 is 0 Å². The van der Waals surface area contributed by atoms with Gasteiger partial charge in [0, 0.05) is 81.6 Å². The quantitative estimate of drug-likeness (QED) is 0.176. The van der Waals surface area contributed by atoms with Crippen LogP contribution >= 0.6 is 0 Å². The smallest absolute Gasteiger partial charge is 0.138 e. The highest BCUT2D eigenvalue weighted by atomic mass is 16.4. The predicted octanol–water partition coefficient (Wildman–Crippen LogP) is 21.0. The molecule has 0 fully saturated rings. The zero-order valence-corrected chi connectivity index (χ0v) is 42.5. The molecule has 4 aromatic heterocycles. The molecule has 0 atom stereocenters. The van der Waals surface area contributed by atoms with Crippen molar-refractivity contribution in [2.24, 2.45) is 0 Å². The summed E-state index contributed by atoms with van der Waals surface area (Å²) in [5.41, 5.74) is 13.6. The van der Waals surface area contributed by atoms with Gasteiger partial charge in [-0.2, -0.15) is 0 Å². The van der Waals surface area contributed by atoms with E-state index in [2.05, 4.69) is 146 Å². The number of hydrogen-bond donors (Lipinski definition) is 0. The van der Waals surface area contributed by atoms with E-state index in [0.717, 1.165) is 96.7 Å². The van der Waals surface area contributed by atoms with Crippen LogP contribution in [0.5, 0.6) is 0 Å². The van der Waals surface area contributed by atoms with Crippen molar-refractivity contribution in [3.8, 4) is 44.5 Å². The summed E-state index contributed by atoms with van der Waals surface area (Å²) in [5.74, 6) is 4.40. The van der Waals surface area contributed by atoms with Crippen molar-refractivity contribution >= 4 is 43.9 Å². The van der Waals surface area contributed by atoms with E-state index in [1.54, 1.807) is 0 Å². The Labute approximate surface area is 426 Å². The molecule has 0 N–H and O–H groups in total. The topological polar surface area (TPSA) is 52.6 Å². The second-order valence-corrected chi connectivity index (χ2v) is 20.8. The highest BCUT2D eigenvalue weighted by Crippen LogP contribution is 2.45. The Morgan fingerprint density at radius 2 is 0.403 bits per heavy atom. The second kappa shape index (κ2) is 23.4. The van der Waals surface area contributed by atoms with Gasteiger partial charge < -0.3 is 17.7 Å². The van der Waals surface area contributed by atoms with Crippen LogP contribution in [0.25, 0.3) is 88.4 Å². The highest BCUT2D eigenvalue weighted by molar-refractivity contribution is 6.09. The summed E-state index contributed by atoms with van der Waals surface area (Å²) in [6.45, 7) is 0. The lowest BCUT2D eigenvalue weighted by Crippen LogP contribution is -1.89. The normalized spacial score (nSPS) is 16.1. The molecule has 1 aliphatic carbocycles. The third kappa shape index (κ3) is 10.8. The van der Waals surface area contributed by atoms with Crippen LogP contribution in [0.1, 0.15) is 151 Å². The van der Waals surface area contributed by atoms with Crippen molar-refractivity contribution in [1.29, 1.82) is 0 Å². The summed E-state index contributed by atoms with van der Waals surface area (Å²) in [6, 6.07) is 52.7. The van der Waals surface area contributed by atoms with Gasteiger partial charge in [-0.3, -0.25) is 0 Å². The van der Waals surface area contributed by atoms with Crippen molar-refractivity contribution in [1.82, 2.24) is 0 Å². The van der Waals surface area contributed by atoms with Gasteiger partial charge in [-0.15, -0.1) is 0 Å². The lowest BCUT2D eigenvalue weighted by atomic mass is 9.95. The maximum Gasteiger partial charge on any atom is 0.138 e. The molecule has 4 nitrogen and oxygen atoms in total. The summed E-state index contributed by atoms with van der Waals surface area (Å²) < 4.78 is 27.3. The number of aryl methyl sites for hydroxylation is 4. The molecule has 4 heteroatoms. The molecule has 0 saturated heterocycles. The predicted molar refractivity (Wildman–Crippen MR) is 301 cm³/mol. The highest BCUT2D eigenvalue weighted by Gasteiger charge is 2.24. The molecule has 0 unspecified atom stereocenters. The summed E-state index contributed by atoms with van der Waals surface area (Å²) in [7, 11) is 0. The van der Waals surface area contributed by atoms with Gasteiger partial charge in [-0.25, -0.2) is 0 Å². The fourth-order valence-corrected chi connectivity index (χ4v) is 11.9. The molecule has 72 heavy (non-hydrogen) atoms. The maximum absolute atomic E-state index is 6.81. The van der Waals surface area contributed by atoms with E-state index in [1.165, 1.54) is 169 Å². The number of rotatable bonds is 4. The largest absolute Gasteiger partial charge is 0.460 e. The molecule has 4 aliphatic rings. The van der Waals surface area contributed by atoms with Gasteiger partial charge in [0.2, 0.25) is 0 Å². The van der Waals surface area contributed by atoms with Crippen LogP contribution in [0.15, 0.2) is 163 Å². The number of benzene rings is 6. The summed E-state index contributed by atoms with van der Waals surface area (Å²) in [5, 5.41) is 4.76. The molecule has 6 aromatic carbocycles. The van der Waals surface area contributed by atoms with E-state index in [1.807, 2.05) is 0 Å². The Hall–Kier alpha value is -6.52. The molecular formula is C68H72O4. The van der Waals surface area contributed by atoms with Crippen molar-refractivity contribution < 1.29 is 17.7 Å². The molecular weight excluding hydrogens is 881 g/mol. The molecule has 3 aliphatic heterocycles. The molecule has 0 radical (unpaired) electrons. The average molecular weight is 953 g/mol. The van der Waals surface area contributed by atoms with Crippen molar-refractivity contribution in [3.63, 3.8) is 0 Å². The van der Waals surface area contributed by atoms with E-state index < -0.39 is 0 Å². The number of furan rings is 4. The summed E-state index contributed by atoms with van der Waals surface area (Å²) in [4.78, 5) is 0. The fraction of sp³-hybridized carbons (Fsp3) is 0.353. The van der Waals surface area contributed by atoms with Crippen LogP contribution in [0.2, 0.25) is 0 Å². The first-order valence-corrected chi connectivity index (χ1v) is 28.0. The van der Waals surface area contributed by atoms with Crippen LogP contribution in [-0.2, 0) is 25.7 Å². The SMILES string of the molecule is c1ccc(-c2c3oc4cc5oc(c(-c6ccccc6)c5cc24)CCCCCCCCCCCCc2oc4cc5oc(c(-c6ccccc6)c5cc4c2-c2ccccc2)CCCCCCCCCCCC3)cc1. The Morgan fingerprint density at radius 1 is 0.208 bits per heavy atom. The zero-order valence-electron chi connectivity index (χ0n) is 42.5. The molecule has 10 aromatic rings. The summed E-state index contributed by atoms with van der Waals surface area (Å²) >= 11 is 0. The van der Waals surface area contributed by atoms with Crippen molar-refractivity contribution in [2.75, 3.05) is 0 Å². The molecule has 0 amide bonds. The Kier molecular flexibility index (Phi) is 15.5. The van der Waals surface area contributed by atoms with Gasteiger partial charge in [0.1, 0.15) is 45.4 Å².